The van der Waals surface area contributed by atoms with Crippen LogP contribution in [0.4, 0.5) is 11.4 Å². The van der Waals surface area contributed by atoms with Crippen molar-refractivity contribution in [2.75, 3.05) is 5.73 Å². The van der Waals surface area contributed by atoms with Crippen molar-refractivity contribution < 1.29 is 13.3 Å². The van der Waals surface area contributed by atoms with Gasteiger partial charge in [-0.1, -0.05) is 26.3 Å². The average Bonchev–Trinajstić information content (AvgIpc) is 2.36. The number of hydrogen-bond donors (Lipinski definition) is 2. The minimum Gasteiger partial charge on any atom is -0.393 e. The smallest absolute Gasteiger partial charge is 0.312 e. The third-order valence-electron chi connectivity index (χ3n) is 3.31. The molecule has 0 spiro atoms. The van der Waals surface area contributed by atoms with Crippen LogP contribution < -0.4 is 10.5 Å². The highest BCUT2D eigenvalue weighted by atomic mass is 32.2. The number of nitro groups is 1. The highest BCUT2D eigenvalue weighted by Crippen LogP contribution is 2.29. The maximum absolute atomic E-state index is 12.3. The third-order valence-corrected chi connectivity index (χ3v) is 4.93. The number of nitrogens with zero attached hydrogens (tertiary/aromatic N) is 1. The van der Waals surface area contributed by atoms with E-state index in [1.54, 1.807) is 6.92 Å². The lowest BCUT2D eigenvalue weighted by atomic mass is 10.0. The third kappa shape index (κ3) is 4.40. The standard InChI is InChI=1S/C13H21N3O4S/c1-4-9(2)8-10(3)15-21(19,20)12-7-5-6-11(14)13(12)16(17)18/h5-7,9-10,15H,4,8,14H2,1-3H3. The molecule has 0 aliphatic carbocycles. The highest BCUT2D eigenvalue weighted by Gasteiger charge is 2.29. The Morgan fingerprint density at radius 3 is 2.52 bits per heavy atom. The summed E-state index contributed by atoms with van der Waals surface area (Å²) in [6.07, 6.45) is 1.59. The van der Waals surface area contributed by atoms with Gasteiger partial charge in [0, 0.05) is 6.04 Å². The van der Waals surface area contributed by atoms with Gasteiger partial charge in [-0.2, -0.15) is 0 Å². The van der Waals surface area contributed by atoms with Crippen molar-refractivity contribution in [2.45, 2.75) is 44.6 Å². The molecule has 1 aromatic rings. The van der Waals surface area contributed by atoms with E-state index in [4.69, 9.17) is 5.73 Å². The van der Waals surface area contributed by atoms with E-state index < -0.39 is 25.5 Å². The number of nitrogens with one attached hydrogen (secondary N) is 1. The van der Waals surface area contributed by atoms with Gasteiger partial charge in [-0.3, -0.25) is 10.1 Å². The van der Waals surface area contributed by atoms with E-state index >= 15 is 0 Å². The van der Waals surface area contributed by atoms with Crippen LogP contribution in [0, 0.1) is 16.0 Å². The molecule has 3 N–H and O–H groups in total. The summed E-state index contributed by atoms with van der Waals surface area (Å²) in [5, 5.41) is 11.0. The molecule has 118 valence electrons. The summed E-state index contributed by atoms with van der Waals surface area (Å²) in [7, 11) is -3.98. The summed E-state index contributed by atoms with van der Waals surface area (Å²) >= 11 is 0. The quantitative estimate of drug-likeness (QED) is 0.455. The van der Waals surface area contributed by atoms with Crippen LogP contribution in [0.1, 0.15) is 33.6 Å². The summed E-state index contributed by atoms with van der Waals surface area (Å²) in [6.45, 7) is 5.78. The molecule has 0 bridgehead atoms. The predicted molar refractivity (Wildman–Crippen MR) is 81.4 cm³/mol. The zero-order valence-corrected chi connectivity index (χ0v) is 13.2. The summed E-state index contributed by atoms with van der Waals surface area (Å²) in [5.74, 6) is 0.360. The summed E-state index contributed by atoms with van der Waals surface area (Å²) in [4.78, 5) is 9.86. The number of sulfonamides is 1. The molecular formula is C13H21N3O4S. The molecule has 0 saturated heterocycles. The molecule has 0 fully saturated rings. The molecule has 0 amide bonds. The molecule has 8 heteroatoms. The summed E-state index contributed by atoms with van der Waals surface area (Å²) in [6, 6.07) is 3.56. The lowest BCUT2D eigenvalue weighted by molar-refractivity contribution is -0.386. The topological polar surface area (TPSA) is 115 Å². The van der Waals surface area contributed by atoms with Crippen molar-refractivity contribution in [2.24, 2.45) is 5.92 Å². The molecule has 0 aliphatic heterocycles. The molecule has 0 aliphatic rings. The van der Waals surface area contributed by atoms with Gasteiger partial charge in [-0.15, -0.1) is 0 Å². The number of nitrogen functional groups attached to an aromatic ring is 1. The second-order valence-electron chi connectivity index (χ2n) is 5.22. The molecule has 0 saturated carbocycles. The first kappa shape index (κ1) is 17.4. The lowest BCUT2D eigenvalue weighted by Crippen LogP contribution is -2.34. The molecule has 7 nitrogen and oxygen atoms in total. The SMILES string of the molecule is CCC(C)CC(C)NS(=O)(=O)c1cccc(N)c1[N+](=O)[O-]. The van der Waals surface area contributed by atoms with E-state index in [1.807, 2.05) is 13.8 Å². The Kier molecular flexibility index (Phi) is 5.68. The van der Waals surface area contributed by atoms with Crippen LogP contribution in [0.3, 0.4) is 0 Å². The van der Waals surface area contributed by atoms with Gasteiger partial charge in [0.25, 0.3) is 0 Å². The molecule has 1 aromatic carbocycles. The van der Waals surface area contributed by atoms with Crippen molar-refractivity contribution in [1.29, 1.82) is 0 Å². The number of benzene rings is 1. The van der Waals surface area contributed by atoms with Crippen LogP contribution >= 0.6 is 0 Å². The monoisotopic (exact) mass is 315 g/mol. The van der Waals surface area contributed by atoms with Gasteiger partial charge in [-0.25, -0.2) is 13.1 Å². The Balaban J connectivity index is 3.09. The maximum atomic E-state index is 12.3. The van der Waals surface area contributed by atoms with Crippen LogP contribution in [0.15, 0.2) is 23.1 Å². The summed E-state index contributed by atoms with van der Waals surface area (Å²) in [5.41, 5.74) is 4.77. The van der Waals surface area contributed by atoms with E-state index in [0.29, 0.717) is 12.3 Å². The summed E-state index contributed by atoms with van der Waals surface area (Å²) < 4.78 is 27.1. The van der Waals surface area contributed by atoms with Crippen molar-refractivity contribution >= 4 is 21.4 Å². The van der Waals surface area contributed by atoms with Gasteiger partial charge >= 0.3 is 5.69 Å². The zero-order valence-electron chi connectivity index (χ0n) is 12.4. The van der Waals surface area contributed by atoms with E-state index in [-0.39, 0.29) is 11.7 Å². The first-order valence-corrected chi connectivity index (χ1v) is 8.22. The molecule has 2 atom stereocenters. The number of hydrogen-bond acceptors (Lipinski definition) is 5. The molecule has 0 radical (unpaired) electrons. The number of para-hydroxylation sites is 1. The van der Waals surface area contributed by atoms with Gasteiger partial charge in [0.05, 0.1) is 4.92 Å². The van der Waals surface area contributed by atoms with Crippen molar-refractivity contribution in [3.8, 4) is 0 Å². The van der Waals surface area contributed by atoms with Gasteiger partial charge in [0.1, 0.15) is 5.69 Å². The van der Waals surface area contributed by atoms with Crippen molar-refractivity contribution in [3.63, 3.8) is 0 Å². The second-order valence-corrected chi connectivity index (χ2v) is 6.90. The minimum absolute atomic E-state index is 0.169. The highest BCUT2D eigenvalue weighted by molar-refractivity contribution is 7.89. The average molecular weight is 315 g/mol. The van der Waals surface area contributed by atoms with Gasteiger partial charge in [0.2, 0.25) is 10.0 Å². The Morgan fingerprint density at radius 1 is 1.38 bits per heavy atom. The molecular weight excluding hydrogens is 294 g/mol. The maximum Gasteiger partial charge on any atom is 0.312 e. The van der Waals surface area contributed by atoms with Crippen LogP contribution in [-0.4, -0.2) is 19.4 Å². The van der Waals surface area contributed by atoms with Crippen LogP contribution in [0.5, 0.6) is 0 Å². The minimum atomic E-state index is -3.98. The number of rotatable bonds is 7. The van der Waals surface area contributed by atoms with Gasteiger partial charge < -0.3 is 5.73 Å². The fraction of sp³-hybridized carbons (Fsp3) is 0.538. The molecule has 1 rings (SSSR count). The van der Waals surface area contributed by atoms with Crippen LogP contribution in [0.2, 0.25) is 0 Å². The number of nitrogens with two attached hydrogens (primary N) is 1. The van der Waals surface area contributed by atoms with E-state index in [9.17, 15) is 18.5 Å². The Labute approximate surface area is 124 Å². The number of nitro benzene ring substituents is 1. The predicted octanol–water partition coefficient (Wildman–Crippen LogP) is 2.28. The van der Waals surface area contributed by atoms with Gasteiger partial charge in [-0.05, 0) is 31.4 Å². The fourth-order valence-electron chi connectivity index (χ4n) is 2.10. The lowest BCUT2D eigenvalue weighted by Gasteiger charge is -2.17. The van der Waals surface area contributed by atoms with Crippen molar-refractivity contribution in [1.82, 2.24) is 4.72 Å². The first-order valence-electron chi connectivity index (χ1n) is 6.74. The van der Waals surface area contributed by atoms with E-state index in [2.05, 4.69) is 4.72 Å². The van der Waals surface area contributed by atoms with E-state index in [0.717, 1.165) is 6.42 Å². The second kappa shape index (κ2) is 6.86. The zero-order chi connectivity index (χ0) is 16.2. The fourth-order valence-corrected chi connectivity index (χ4v) is 3.56. The van der Waals surface area contributed by atoms with Crippen LogP contribution in [-0.2, 0) is 10.0 Å². The Morgan fingerprint density at radius 2 is 2.00 bits per heavy atom. The van der Waals surface area contributed by atoms with Crippen LogP contribution in [0.25, 0.3) is 0 Å². The molecule has 2 unspecified atom stereocenters. The number of anilines is 1. The normalized spacial score (nSPS) is 14.6. The van der Waals surface area contributed by atoms with E-state index in [1.165, 1.54) is 18.2 Å². The first-order chi connectivity index (χ1) is 9.69. The van der Waals surface area contributed by atoms with Crippen molar-refractivity contribution in [3.05, 3.63) is 28.3 Å². The largest absolute Gasteiger partial charge is 0.393 e. The molecule has 0 heterocycles. The van der Waals surface area contributed by atoms with Gasteiger partial charge in [0.15, 0.2) is 4.90 Å². The molecule has 21 heavy (non-hydrogen) atoms. The molecule has 0 aromatic heterocycles. The Hall–Kier alpha value is -1.67. The Bertz CT molecular complexity index is 616.